The summed E-state index contributed by atoms with van der Waals surface area (Å²) in [7, 11) is 0. The second-order valence-electron chi connectivity index (χ2n) is 5.34. The summed E-state index contributed by atoms with van der Waals surface area (Å²) < 4.78 is 0. The van der Waals surface area contributed by atoms with Gasteiger partial charge in [-0.2, -0.15) is 0 Å². The number of nitrogens with zero attached hydrogens (tertiary/aromatic N) is 1. The van der Waals surface area contributed by atoms with Gasteiger partial charge in [0.1, 0.15) is 0 Å². The fourth-order valence-corrected chi connectivity index (χ4v) is 2.13. The highest BCUT2D eigenvalue weighted by molar-refractivity contribution is 5.93. The van der Waals surface area contributed by atoms with Crippen molar-refractivity contribution in [3.63, 3.8) is 0 Å². The lowest BCUT2D eigenvalue weighted by atomic mass is 10.1. The number of amides is 1. The van der Waals surface area contributed by atoms with Crippen LogP contribution in [0.1, 0.15) is 33.1 Å². The monoisotopic (exact) mass is 256 g/mol. The maximum Gasteiger partial charge on any atom is 0.244 e. The van der Waals surface area contributed by atoms with Crippen LogP contribution < -0.4 is 5.73 Å². The molecule has 0 spiro atoms. The first kappa shape index (κ1) is 13.5. The lowest BCUT2D eigenvalue weighted by Gasteiger charge is -2.02. The molecule has 2 rings (SSSR count). The molecule has 19 heavy (non-hydrogen) atoms. The number of carbonyl (C=O) groups excluding carboxylic acids is 1. The van der Waals surface area contributed by atoms with Gasteiger partial charge in [0.25, 0.3) is 0 Å². The van der Waals surface area contributed by atoms with E-state index in [-0.39, 0.29) is 5.91 Å². The van der Waals surface area contributed by atoms with Gasteiger partial charge in [0.15, 0.2) is 0 Å². The summed E-state index contributed by atoms with van der Waals surface area (Å²) >= 11 is 0. The largest absolute Gasteiger partial charge is 0.366 e. The van der Waals surface area contributed by atoms with Crippen LogP contribution in [-0.2, 0) is 4.79 Å². The van der Waals surface area contributed by atoms with Crippen LogP contribution in [0, 0.1) is 5.92 Å². The average molecular weight is 256 g/mol. The highest BCUT2D eigenvalue weighted by Gasteiger charge is 2.31. The zero-order valence-corrected chi connectivity index (χ0v) is 11.6. The number of hydrogen-bond acceptors (Lipinski definition) is 2. The van der Waals surface area contributed by atoms with E-state index < -0.39 is 0 Å². The fourth-order valence-electron chi connectivity index (χ4n) is 2.13. The summed E-state index contributed by atoms with van der Waals surface area (Å²) in [5.74, 6) is 0.0188. The summed E-state index contributed by atoms with van der Waals surface area (Å²) in [6.07, 6.45) is 8.47. The van der Waals surface area contributed by atoms with Gasteiger partial charge in [0.2, 0.25) is 5.91 Å². The van der Waals surface area contributed by atoms with E-state index in [1.165, 1.54) is 11.1 Å². The standard InChI is InChI=1S/C16H20N2O/c1-10(2)4-5-11(3)18-15-7-6-12(16(17)19)8-13-9-14(13)15/h6-7,9,13H,1,4-5,8H2,2-3H3,(H2,17,19). The zero-order chi connectivity index (χ0) is 14.0. The molecule has 1 atom stereocenters. The molecule has 0 aromatic carbocycles. The Morgan fingerprint density at radius 3 is 2.79 bits per heavy atom. The van der Waals surface area contributed by atoms with Crippen molar-refractivity contribution in [1.29, 1.82) is 0 Å². The van der Waals surface area contributed by atoms with Gasteiger partial charge in [-0.15, -0.1) is 6.58 Å². The van der Waals surface area contributed by atoms with Crippen molar-refractivity contribution in [1.82, 2.24) is 0 Å². The number of fused-ring (bicyclic) bond motifs is 1. The molecule has 0 bridgehead atoms. The lowest BCUT2D eigenvalue weighted by Crippen LogP contribution is -2.14. The molecule has 1 unspecified atom stereocenters. The van der Waals surface area contributed by atoms with Crippen LogP contribution in [0.3, 0.4) is 0 Å². The quantitative estimate of drug-likeness (QED) is 0.596. The number of aliphatic imine (C=N–C) groups is 1. The maximum absolute atomic E-state index is 11.2. The molecule has 2 aliphatic rings. The smallest absolute Gasteiger partial charge is 0.244 e. The number of nitrogens with two attached hydrogens (primary N) is 1. The molecule has 100 valence electrons. The molecule has 2 N–H and O–H groups in total. The van der Waals surface area contributed by atoms with Crippen LogP contribution in [0.4, 0.5) is 0 Å². The summed E-state index contributed by atoms with van der Waals surface area (Å²) in [5, 5.41) is 0. The first-order chi connectivity index (χ1) is 8.97. The Labute approximate surface area is 114 Å². The molecule has 1 amide bonds. The molecule has 3 nitrogen and oxygen atoms in total. The van der Waals surface area contributed by atoms with E-state index in [4.69, 9.17) is 5.73 Å². The van der Waals surface area contributed by atoms with Crippen molar-refractivity contribution in [2.45, 2.75) is 33.1 Å². The Morgan fingerprint density at radius 2 is 2.16 bits per heavy atom. The summed E-state index contributed by atoms with van der Waals surface area (Å²) in [4.78, 5) is 15.9. The van der Waals surface area contributed by atoms with Crippen molar-refractivity contribution < 1.29 is 4.79 Å². The van der Waals surface area contributed by atoms with Gasteiger partial charge in [-0.05, 0) is 44.8 Å². The van der Waals surface area contributed by atoms with Crippen molar-refractivity contribution in [2.75, 3.05) is 0 Å². The number of primary amides is 1. The molecule has 0 radical (unpaired) electrons. The van der Waals surface area contributed by atoms with Crippen LogP contribution in [0.5, 0.6) is 0 Å². The van der Waals surface area contributed by atoms with E-state index in [2.05, 4.69) is 17.6 Å². The lowest BCUT2D eigenvalue weighted by molar-refractivity contribution is -0.114. The Hall–Kier alpha value is -1.90. The van der Waals surface area contributed by atoms with Gasteiger partial charge in [-0.25, -0.2) is 0 Å². The molecular formula is C16H20N2O. The van der Waals surface area contributed by atoms with Gasteiger partial charge in [0.05, 0.1) is 5.70 Å². The molecule has 0 aromatic heterocycles. The maximum atomic E-state index is 11.2. The summed E-state index contributed by atoms with van der Waals surface area (Å²) in [5.41, 5.74) is 10.5. The SMILES string of the molecule is C=C(C)CCC(C)=NC1=CC=C(C(N)=O)CC2C=C12. The molecule has 2 aliphatic carbocycles. The van der Waals surface area contributed by atoms with E-state index in [1.54, 1.807) is 6.08 Å². The Bertz CT molecular complexity index is 547. The third-order valence-electron chi connectivity index (χ3n) is 3.39. The van der Waals surface area contributed by atoms with Crippen LogP contribution in [0.15, 0.2) is 52.2 Å². The minimum Gasteiger partial charge on any atom is -0.366 e. The Kier molecular flexibility index (Phi) is 3.84. The van der Waals surface area contributed by atoms with E-state index in [9.17, 15) is 4.79 Å². The van der Waals surface area contributed by atoms with Crippen molar-refractivity contribution in [3.8, 4) is 0 Å². The van der Waals surface area contributed by atoms with Crippen LogP contribution in [-0.4, -0.2) is 11.6 Å². The van der Waals surface area contributed by atoms with Crippen LogP contribution in [0.2, 0.25) is 0 Å². The van der Waals surface area contributed by atoms with E-state index in [1.807, 2.05) is 19.9 Å². The minimum atomic E-state index is -0.333. The normalized spacial score (nSPS) is 21.7. The molecule has 3 heteroatoms. The predicted molar refractivity (Wildman–Crippen MR) is 78.7 cm³/mol. The molecule has 0 aliphatic heterocycles. The molecule has 0 saturated heterocycles. The molecule has 0 heterocycles. The van der Waals surface area contributed by atoms with Crippen LogP contribution in [0.25, 0.3) is 0 Å². The van der Waals surface area contributed by atoms with Crippen molar-refractivity contribution >= 4 is 11.6 Å². The van der Waals surface area contributed by atoms with Gasteiger partial charge in [-0.1, -0.05) is 17.7 Å². The zero-order valence-electron chi connectivity index (χ0n) is 11.6. The first-order valence-corrected chi connectivity index (χ1v) is 6.58. The Balaban J connectivity index is 2.11. The van der Waals surface area contributed by atoms with Crippen LogP contribution >= 0.6 is 0 Å². The first-order valence-electron chi connectivity index (χ1n) is 6.58. The third-order valence-corrected chi connectivity index (χ3v) is 3.39. The van der Waals surface area contributed by atoms with Gasteiger partial charge < -0.3 is 5.73 Å². The molecule has 0 saturated carbocycles. The number of carbonyl (C=O) groups is 1. The average Bonchev–Trinajstić information content (AvgIpc) is 3.08. The van der Waals surface area contributed by atoms with E-state index in [0.29, 0.717) is 17.9 Å². The molecule has 0 fully saturated rings. The predicted octanol–water partition coefficient (Wildman–Crippen LogP) is 3.06. The van der Waals surface area contributed by atoms with Gasteiger partial charge in [-0.3, -0.25) is 9.79 Å². The highest BCUT2D eigenvalue weighted by atomic mass is 16.1. The minimum absolute atomic E-state index is 0.333. The van der Waals surface area contributed by atoms with Crippen molar-refractivity contribution in [2.24, 2.45) is 16.6 Å². The van der Waals surface area contributed by atoms with E-state index in [0.717, 1.165) is 24.3 Å². The summed E-state index contributed by atoms with van der Waals surface area (Å²) in [6, 6.07) is 0. The molecule has 0 aromatic rings. The molecular weight excluding hydrogens is 236 g/mol. The number of hydrogen-bond donors (Lipinski definition) is 1. The van der Waals surface area contributed by atoms with Crippen molar-refractivity contribution in [3.05, 3.63) is 47.2 Å². The third kappa shape index (κ3) is 3.53. The fraction of sp³-hybridized carbons (Fsp3) is 0.375. The topological polar surface area (TPSA) is 55.4 Å². The Morgan fingerprint density at radius 1 is 1.42 bits per heavy atom. The summed E-state index contributed by atoms with van der Waals surface area (Å²) in [6.45, 7) is 7.96. The second kappa shape index (κ2) is 5.39. The van der Waals surface area contributed by atoms with Gasteiger partial charge in [0, 0.05) is 17.2 Å². The van der Waals surface area contributed by atoms with Gasteiger partial charge >= 0.3 is 0 Å². The number of allylic oxidation sites excluding steroid dienone is 5. The second-order valence-corrected chi connectivity index (χ2v) is 5.34. The highest BCUT2D eigenvalue weighted by Crippen LogP contribution is 2.42. The van der Waals surface area contributed by atoms with E-state index >= 15 is 0 Å². The number of rotatable bonds is 5.